The first-order valence-electron chi connectivity index (χ1n) is 8.25. The number of rotatable bonds is 5. The molecule has 6 heteroatoms. The Balaban J connectivity index is 1.54. The minimum absolute atomic E-state index is 0.355. The fraction of sp³-hybridized carbons (Fsp3) is 0.263. The van der Waals surface area contributed by atoms with Crippen LogP contribution in [0.3, 0.4) is 0 Å². The van der Waals surface area contributed by atoms with E-state index in [4.69, 9.17) is 0 Å². The lowest BCUT2D eigenvalue weighted by molar-refractivity contribution is 0.204. The topological polar surface area (TPSA) is 40.6 Å². The third-order valence-electron chi connectivity index (χ3n) is 4.26. The van der Waals surface area contributed by atoms with Gasteiger partial charge in [0.05, 0.1) is 4.90 Å². The highest BCUT2D eigenvalue weighted by molar-refractivity contribution is 9.10. The molecule has 0 spiro atoms. The lowest BCUT2D eigenvalue weighted by atomic mass is 10.2. The van der Waals surface area contributed by atoms with Gasteiger partial charge in [0.15, 0.2) is 0 Å². The van der Waals surface area contributed by atoms with Crippen LogP contribution >= 0.6 is 15.9 Å². The molecule has 0 aliphatic carbocycles. The molecule has 1 saturated heterocycles. The summed E-state index contributed by atoms with van der Waals surface area (Å²) in [6, 6.07) is 17.0. The first-order valence-corrected chi connectivity index (χ1v) is 10.5. The number of nitrogens with zero attached hydrogens (tertiary/aromatic N) is 2. The summed E-state index contributed by atoms with van der Waals surface area (Å²) in [4.78, 5) is 2.63. The molecule has 2 aromatic rings. The van der Waals surface area contributed by atoms with Crippen LogP contribution in [-0.4, -0.2) is 50.3 Å². The fourth-order valence-electron chi connectivity index (χ4n) is 2.81. The van der Waals surface area contributed by atoms with E-state index in [1.165, 1.54) is 5.56 Å². The molecule has 2 aromatic carbocycles. The van der Waals surface area contributed by atoms with Gasteiger partial charge in [0.1, 0.15) is 0 Å². The summed E-state index contributed by atoms with van der Waals surface area (Å²) in [7, 11) is -3.40. The van der Waals surface area contributed by atoms with Gasteiger partial charge in [0.2, 0.25) is 10.0 Å². The lowest BCUT2D eigenvalue weighted by Crippen LogP contribution is -2.48. The van der Waals surface area contributed by atoms with Gasteiger partial charge in [-0.05, 0) is 29.8 Å². The highest BCUT2D eigenvalue weighted by atomic mass is 79.9. The molecule has 0 aromatic heterocycles. The van der Waals surface area contributed by atoms with Crippen molar-refractivity contribution in [1.82, 2.24) is 9.21 Å². The van der Waals surface area contributed by atoms with Crippen LogP contribution in [0.1, 0.15) is 5.56 Å². The van der Waals surface area contributed by atoms with Crippen molar-refractivity contribution in [3.05, 3.63) is 70.7 Å². The second-order valence-corrected chi connectivity index (χ2v) is 8.83. The molecule has 1 fully saturated rings. The van der Waals surface area contributed by atoms with Crippen LogP contribution < -0.4 is 0 Å². The van der Waals surface area contributed by atoms with Gasteiger partial charge in [0.25, 0.3) is 0 Å². The van der Waals surface area contributed by atoms with Gasteiger partial charge in [-0.2, -0.15) is 4.31 Å². The molecule has 132 valence electrons. The predicted molar refractivity (Wildman–Crippen MR) is 105 cm³/mol. The van der Waals surface area contributed by atoms with Crippen LogP contribution in [0.2, 0.25) is 0 Å². The van der Waals surface area contributed by atoms with Gasteiger partial charge in [0, 0.05) is 37.2 Å². The predicted octanol–water partition coefficient (Wildman–Crippen LogP) is 3.47. The van der Waals surface area contributed by atoms with Crippen molar-refractivity contribution in [3.63, 3.8) is 0 Å². The molecule has 0 N–H and O–H groups in total. The summed E-state index contributed by atoms with van der Waals surface area (Å²) in [5.74, 6) is 0. The standard InChI is InChI=1S/C19H21BrN2O2S/c20-18-8-10-19(11-9-18)25(23,24)22-15-13-21(14-16-22)12-4-7-17-5-2-1-3-6-17/h1-11H,12-16H2/b7-4-. The molecule has 0 atom stereocenters. The summed E-state index contributed by atoms with van der Waals surface area (Å²) < 4.78 is 27.8. The Hall–Kier alpha value is -1.47. The molecule has 1 aliphatic rings. The van der Waals surface area contributed by atoms with Crippen molar-refractivity contribution in [2.75, 3.05) is 32.7 Å². The molecule has 4 nitrogen and oxygen atoms in total. The Bertz CT molecular complexity index is 812. The number of piperazine rings is 1. The van der Waals surface area contributed by atoms with Crippen LogP contribution in [0.5, 0.6) is 0 Å². The van der Waals surface area contributed by atoms with Crippen molar-refractivity contribution in [2.45, 2.75) is 4.90 Å². The zero-order chi connectivity index (χ0) is 17.7. The number of hydrogen-bond donors (Lipinski definition) is 0. The zero-order valence-corrected chi connectivity index (χ0v) is 16.3. The second kappa shape index (κ2) is 8.27. The molecule has 0 amide bonds. The Morgan fingerprint density at radius 1 is 0.920 bits per heavy atom. The van der Waals surface area contributed by atoms with Gasteiger partial charge in [-0.15, -0.1) is 0 Å². The maximum Gasteiger partial charge on any atom is 0.243 e. The van der Waals surface area contributed by atoms with Crippen molar-refractivity contribution < 1.29 is 8.42 Å². The minimum atomic E-state index is -3.40. The molecule has 0 unspecified atom stereocenters. The minimum Gasteiger partial charge on any atom is -0.297 e. The summed E-state index contributed by atoms with van der Waals surface area (Å²) in [6.45, 7) is 3.37. The molecule has 0 bridgehead atoms. The smallest absolute Gasteiger partial charge is 0.243 e. The second-order valence-electron chi connectivity index (χ2n) is 5.97. The molecule has 3 rings (SSSR count). The fourth-order valence-corrected chi connectivity index (χ4v) is 4.50. The maximum atomic E-state index is 12.7. The van der Waals surface area contributed by atoms with E-state index in [0.717, 1.165) is 24.1 Å². The summed E-state index contributed by atoms with van der Waals surface area (Å²) in [6.07, 6.45) is 4.24. The van der Waals surface area contributed by atoms with E-state index in [2.05, 4.69) is 45.1 Å². The zero-order valence-electron chi connectivity index (χ0n) is 13.9. The molecule has 1 aliphatic heterocycles. The van der Waals surface area contributed by atoms with E-state index in [1.807, 2.05) is 18.2 Å². The molecular formula is C19H21BrN2O2S. The number of sulfonamides is 1. The van der Waals surface area contributed by atoms with Crippen LogP contribution in [0.25, 0.3) is 6.08 Å². The van der Waals surface area contributed by atoms with Gasteiger partial charge >= 0.3 is 0 Å². The first kappa shape index (κ1) is 18.3. The van der Waals surface area contributed by atoms with E-state index < -0.39 is 10.0 Å². The third kappa shape index (κ3) is 4.79. The van der Waals surface area contributed by atoms with Gasteiger partial charge in [-0.1, -0.05) is 58.4 Å². The summed E-state index contributed by atoms with van der Waals surface area (Å²) in [5, 5.41) is 0. The Labute approximate surface area is 157 Å². The van der Waals surface area contributed by atoms with E-state index in [1.54, 1.807) is 28.6 Å². The summed E-state index contributed by atoms with van der Waals surface area (Å²) >= 11 is 3.34. The highest BCUT2D eigenvalue weighted by Gasteiger charge is 2.27. The molecule has 0 radical (unpaired) electrons. The van der Waals surface area contributed by atoms with E-state index in [9.17, 15) is 8.42 Å². The van der Waals surface area contributed by atoms with Crippen molar-refractivity contribution >= 4 is 32.0 Å². The highest BCUT2D eigenvalue weighted by Crippen LogP contribution is 2.20. The van der Waals surface area contributed by atoms with E-state index in [0.29, 0.717) is 18.0 Å². The SMILES string of the molecule is O=S(=O)(c1ccc(Br)cc1)N1CCN(C/C=C\c2ccccc2)CC1. The van der Waals surface area contributed by atoms with Gasteiger partial charge in [-0.25, -0.2) is 8.42 Å². The maximum absolute atomic E-state index is 12.7. The molecule has 1 heterocycles. The van der Waals surface area contributed by atoms with Gasteiger partial charge in [-0.3, -0.25) is 4.90 Å². The Kier molecular flexibility index (Phi) is 6.06. The summed E-state index contributed by atoms with van der Waals surface area (Å²) in [5.41, 5.74) is 1.18. The van der Waals surface area contributed by atoms with Crippen molar-refractivity contribution in [2.24, 2.45) is 0 Å². The average molecular weight is 421 g/mol. The Morgan fingerprint density at radius 2 is 1.56 bits per heavy atom. The third-order valence-corrected chi connectivity index (χ3v) is 6.70. The molecule has 25 heavy (non-hydrogen) atoms. The normalized spacial score (nSPS) is 17.2. The first-order chi connectivity index (χ1) is 12.1. The average Bonchev–Trinajstić information content (AvgIpc) is 2.63. The number of hydrogen-bond acceptors (Lipinski definition) is 3. The van der Waals surface area contributed by atoms with Crippen molar-refractivity contribution in [3.8, 4) is 0 Å². The monoisotopic (exact) mass is 420 g/mol. The quantitative estimate of drug-likeness (QED) is 0.743. The number of benzene rings is 2. The van der Waals surface area contributed by atoms with Crippen LogP contribution in [0, 0.1) is 0 Å². The van der Waals surface area contributed by atoms with E-state index >= 15 is 0 Å². The van der Waals surface area contributed by atoms with Crippen LogP contribution in [0.4, 0.5) is 0 Å². The Morgan fingerprint density at radius 3 is 2.20 bits per heavy atom. The molecule has 0 saturated carbocycles. The largest absolute Gasteiger partial charge is 0.297 e. The van der Waals surface area contributed by atoms with E-state index in [-0.39, 0.29) is 0 Å². The van der Waals surface area contributed by atoms with Gasteiger partial charge < -0.3 is 0 Å². The van der Waals surface area contributed by atoms with Crippen LogP contribution in [0.15, 0.2) is 70.0 Å². The molecular weight excluding hydrogens is 400 g/mol. The lowest BCUT2D eigenvalue weighted by Gasteiger charge is -2.33. The van der Waals surface area contributed by atoms with Crippen molar-refractivity contribution in [1.29, 1.82) is 0 Å². The van der Waals surface area contributed by atoms with Crippen LogP contribution in [-0.2, 0) is 10.0 Å². The number of halogens is 1.